The molecule has 5 aromatic rings. The van der Waals surface area contributed by atoms with Gasteiger partial charge in [0.1, 0.15) is 17.9 Å². The Labute approximate surface area is 323 Å². The lowest BCUT2D eigenvalue weighted by Crippen LogP contribution is -2.45. The van der Waals surface area contributed by atoms with E-state index in [-0.39, 0.29) is 29.5 Å². The summed E-state index contributed by atoms with van der Waals surface area (Å²) in [7, 11) is 5.57. The number of carbonyl (C=O) groups is 3. The Balaban J connectivity index is 0.867. The summed E-state index contributed by atoms with van der Waals surface area (Å²) in [5.41, 5.74) is 4.21. The fourth-order valence-corrected chi connectivity index (χ4v) is 8.94. The number of aryl methyl sites for hydroxylation is 1. The van der Waals surface area contributed by atoms with Gasteiger partial charge in [0, 0.05) is 69.2 Å². The Morgan fingerprint density at radius 1 is 1.05 bits per heavy atom. The topological polar surface area (TPSA) is 172 Å². The van der Waals surface area contributed by atoms with E-state index in [9.17, 15) is 24.4 Å². The van der Waals surface area contributed by atoms with Gasteiger partial charge in [-0.1, -0.05) is 6.07 Å². The van der Waals surface area contributed by atoms with E-state index < -0.39 is 11.9 Å². The number of piperidine rings is 2. The third kappa shape index (κ3) is 7.01. The Morgan fingerprint density at radius 2 is 1.84 bits per heavy atom. The molecule has 3 fully saturated rings. The maximum absolute atomic E-state index is 13.5. The number of hydrogen-bond donors (Lipinski definition) is 2. The summed E-state index contributed by atoms with van der Waals surface area (Å²) in [4.78, 5) is 59.8. The highest BCUT2D eigenvalue weighted by atomic mass is 16.5. The first-order valence-corrected chi connectivity index (χ1v) is 19.3. The van der Waals surface area contributed by atoms with Crippen LogP contribution in [0.1, 0.15) is 79.4 Å². The Morgan fingerprint density at radius 3 is 2.57 bits per heavy atom. The Bertz CT molecular complexity index is 2430. The minimum Gasteiger partial charge on any atom is -0.494 e. The lowest BCUT2D eigenvalue weighted by Gasteiger charge is -2.40. The molecule has 3 amide bonds. The van der Waals surface area contributed by atoms with Crippen molar-refractivity contribution in [1.82, 2.24) is 34.1 Å². The standard InChI is InChI=1S/C41H46N10O5/c1-47(29-13-15-49(16-14-29)33-5-4-6-34-38(33)48(2)41(55)51(34)35-11-12-37(52)45-40(35)54)23-25-7-9-30(10-8-25)50-24-28-18-32(36(56-3)19-31(28)46-50)44-39(53)27-17-26(20-42)21-43-22-27/h4-6,17-19,21-22,24-25,29-30,35H,7-16,23H2,1-3H3,(H,44,53)(H,45,52,54)/t25-,30-,35?. The third-order valence-corrected chi connectivity index (χ3v) is 12.0. The molecule has 290 valence electrons. The van der Waals surface area contributed by atoms with Crippen molar-refractivity contribution in [1.29, 1.82) is 5.26 Å². The number of imidazole rings is 1. The predicted molar refractivity (Wildman–Crippen MR) is 211 cm³/mol. The number of aromatic nitrogens is 5. The molecule has 1 atom stereocenters. The molecule has 15 nitrogen and oxygen atoms in total. The number of hydrogen-bond acceptors (Lipinski definition) is 10. The van der Waals surface area contributed by atoms with Crippen molar-refractivity contribution in [2.24, 2.45) is 13.0 Å². The van der Waals surface area contributed by atoms with Crippen LogP contribution >= 0.6 is 0 Å². The average molecular weight is 759 g/mol. The van der Waals surface area contributed by atoms with Gasteiger partial charge < -0.3 is 19.9 Å². The van der Waals surface area contributed by atoms with E-state index >= 15 is 0 Å². The maximum atomic E-state index is 13.5. The zero-order valence-corrected chi connectivity index (χ0v) is 31.9. The second kappa shape index (κ2) is 15.3. The van der Waals surface area contributed by atoms with Crippen LogP contribution in [0, 0.1) is 17.2 Å². The van der Waals surface area contributed by atoms with E-state index in [1.165, 1.54) is 18.5 Å². The highest BCUT2D eigenvalue weighted by Gasteiger charge is 2.33. The normalized spacial score (nSPS) is 20.7. The second-order valence-electron chi connectivity index (χ2n) is 15.4. The molecular weight excluding hydrogens is 713 g/mol. The van der Waals surface area contributed by atoms with Crippen LogP contribution in [0.25, 0.3) is 21.9 Å². The van der Waals surface area contributed by atoms with Gasteiger partial charge in [0.2, 0.25) is 11.8 Å². The summed E-state index contributed by atoms with van der Waals surface area (Å²) in [6.45, 7) is 2.78. The van der Waals surface area contributed by atoms with Crippen LogP contribution in [-0.2, 0) is 16.6 Å². The number of nitrogens with zero attached hydrogens (tertiary/aromatic N) is 8. The first kappa shape index (κ1) is 36.9. The van der Waals surface area contributed by atoms with Gasteiger partial charge in [-0.15, -0.1) is 0 Å². The van der Waals surface area contributed by atoms with Crippen LogP contribution in [0.5, 0.6) is 5.75 Å². The Hall–Kier alpha value is -6.01. The lowest BCUT2D eigenvalue weighted by molar-refractivity contribution is -0.135. The zero-order valence-electron chi connectivity index (χ0n) is 31.9. The van der Waals surface area contributed by atoms with Crippen LogP contribution in [0.2, 0.25) is 0 Å². The molecule has 56 heavy (non-hydrogen) atoms. The van der Waals surface area contributed by atoms with Crippen LogP contribution < -0.4 is 26.0 Å². The first-order valence-electron chi connectivity index (χ1n) is 19.3. The Kier molecular flexibility index (Phi) is 10.1. The number of pyridine rings is 1. The van der Waals surface area contributed by atoms with E-state index in [1.807, 2.05) is 30.3 Å². The number of amides is 3. The quantitative estimate of drug-likeness (QED) is 0.204. The summed E-state index contributed by atoms with van der Waals surface area (Å²) in [6, 6.07) is 13.2. The summed E-state index contributed by atoms with van der Waals surface area (Å²) in [5, 5.41) is 20.3. The summed E-state index contributed by atoms with van der Waals surface area (Å²) < 4.78 is 10.9. The molecule has 5 heterocycles. The van der Waals surface area contributed by atoms with Gasteiger partial charge in [0.15, 0.2) is 0 Å². The van der Waals surface area contributed by atoms with Gasteiger partial charge >= 0.3 is 5.69 Å². The van der Waals surface area contributed by atoms with Crippen LogP contribution in [-0.4, -0.2) is 86.4 Å². The van der Waals surface area contributed by atoms with Crippen LogP contribution in [0.4, 0.5) is 11.4 Å². The summed E-state index contributed by atoms with van der Waals surface area (Å²) in [5.74, 6) is 0.00708. The molecule has 0 radical (unpaired) electrons. The van der Waals surface area contributed by atoms with Crippen molar-refractivity contribution in [3.63, 3.8) is 0 Å². The van der Waals surface area contributed by atoms with Crippen LogP contribution in [0.3, 0.4) is 0 Å². The van der Waals surface area contributed by atoms with Gasteiger partial charge in [-0.2, -0.15) is 10.4 Å². The van der Waals surface area contributed by atoms with Gasteiger partial charge in [-0.05, 0) is 82.2 Å². The monoisotopic (exact) mass is 758 g/mol. The number of nitrogens with one attached hydrogen (secondary N) is 2. The first-order chi connectivity index (χ1) is 27.1. The number of benzene rings is 2. The fraction of sp³-hybridized carbons (Fsp3) is 0.439. The lowest BCUT2D eigenvalue weighted by atomic mass is 9.85. The zero-order chi connectivity index (χ0) is 39.1. The molecule has 2 saturated heterocycles. The highest BCUT2D eigenvalue weighted by Crippen LogP contribution is 2.37. The third-order valence-electron chi connectivity index (χ3n) is 12.0. The van der Waals surface area contributed by atoms with Crippen molar-refractivity contribution >= 4 is 51.0 Å². The number of ether oxygens (including phenoxy) is 1. The minimum atomic E-state index is -0.703. The molecule has 2 aliphatic heterocycles. The molecule has 15 heteroatoms. The SMILES string of the molecule is COc1cc2nn([C@H]3CC[C@H](CN(C)C4CCN(c5cccc6c5n(C)c(=O)n6C5CCC(=O)NC5=O)CC4)CC3)cc2cc1NC(=O)c1cncc(C#N)c1. The second-order valence-corrected chi connectivity index (χ2v) is 15.4. The number of nitriles is 1. The molecule has 1 saturated carbocycles. The minimum absolute atomic E-state index is 0.214. The van der Waals surface area contributed by atoms with Gasteiger partial charge in [0.05, 0.1) is 52.2 Å². The largest absolute Gasteiger partial charge is 0.494 e. The molecule has 1 aliphatic carbocycles. The summed E-state index contributed by atoms with van der Waals surface area (Å²) in [6.07, 6.45) is 11.8. The number of fused-ring (bicyclic) bond motifs is 2. The van der Waals surface area contributed by atoms with Crippen LogP contribution in [0.15, 0.2) is 59.8 Å². The van der Waals surface area contributed by atoms with E-state index in [2.05, 4.69) is 49.4 Å². The van der Waals surface area contributed by atoms with Crippen molar-refractivity contribution in [3.8, 4) is 11.8 Å². The van der Waals surface area contributed by atoms with Crippen molar-refractivity contribution in [2.75, 3.05) is 44.0 Å². The van der Waals surface area contributed by atoms with Gasteiger partial charge in [0.25, 0.3) is 5.91 Å². The molecule has 3 aliphatic rings. The van der Waals surface area contributed by atoms with E-state index in [1.54, 1.807) is 23.3 Å². The molecule has 0 bridgehead atoms. The number of anilines is 2. The number of rotatable bonds is 9. The average Bonchev–Trinajstić information content (AvgIpc) is 3.75. The maximum Gasteiger partial charge on any atom is 0.329 e. The molecular formula is C41H46N10O5. The molecule has 2 aromatic carbocycles. The number of para-hydroxylation sites is 1. The van der Waals surface area contributed by atoms with Gasteiger partial charge in [-0.3, -0.25) is 38.5 Å². The molecule has 0 spiro atoms. The van der Waals surface area contributed by atoms with Crippen molar-refractivity contribution < 1.29 is 19.1 Å². The number of methoxy groups -OCH3 is 1. The number of imide groups is 1. The van der Waals surface area contributed by atoms with Crippen molar-refractivity contribution in [3.05, 3.63) is 76.6 Å². The predicted octanol–water partition coefficient (Wildman–Crippen LogP) is 4.53. The van der Waals surface area contributed by atoms with E-state index in [0.29, 0.717) is 46.9 Å². The van der Waals surface area contributed by atoms with E-state index in [4.69, 9.17) is 9.84 Å². The fourth-order valence-electron chi connectivity index (χ4n) is 8.94. The highest BCUT2D eigenvalue weighted by molar-refractivity contribution is 6.06. The number of carbonyl (C=O) groups excluding carboxylic acids is 3. The van der Waals surface area contributed by atoms with Crippen molar-refractivity contribution in [2.45, 2.75) is 69.5 Å². The van der Waals surface area contributed by atoms with E-state index in [0.717, 1.165) is 80.3 Å². The smallest absolute Gasteiger partial charge is 0.329 e. The summed E-state index contributed by atoms with van der Waals surface area (Å²) >= 11 is 0. The molecule has 3 aromatic heterocycles. The molecule has 1 unspecified atom stereocenters. The molecule has 2 N–H and O–H groups in total. The molecule has 8 rings (SSSR count). The van der Waals surface area contributed by atoms with Gasteiger partial charge in [-0.25, -0.2) is 4.79 Å².